The Morgan fingerprint density at radius 2 is 1.90 bits per heavy atom. The van der Waals surface area contributed by atoms with Gasteiger partial charge in [-0.25, -0.2) is 0 Å². The van der Waals surface area contributed by atoms with Crippen molar-refractivity contribution in [3.8, 4) is 0 Å². The molecule has 1 aromatic carbocycles. The van der Waals surface area contributed by atoms with Gasteiger partial charge in [0.25, 0.3) is 0 Å². The predicted molar refractivity (Wildman–Crippen MR) is 120 cm³/mol. The third-order valence-corrected chi connectivity index (χ3v) is 6.13. The zero-order valence-corrected chi connectivity index (χ0v) is 18.2. The molecule has 0 aromatic heterocycles. The zero-order chi connectivity index (χ0) is 20.5. The minimum Gasteiger partial charge on any atom is -0.393 e. The number of likely N-dealkylation sites (N-methyl/N-ethyl adjacent to an activating group) is 1. The van der Waals surface area contributed by atoms with E-state index in [1.807, 2.05) is 0 Å². The van der Waals surface area contributed by atoms with E-state index in [1.165, 1.54) is 5.56 Å². The Balaban J connectivity index is 1.49. The van der Waals surface area contributed by atoms with Crippen molar-refractivity contribution in [2.24, 2.45) is 4.99 Å². The summed E-state index contributed by atoms with van der Waals surface area (Å²) in [6.45, 7) is 8.22. The maximum absolute atomic E-state index is 9.70. The molecular weight excluding hydrogens is 362 g/mol. The first kappa shape index (κ1) is 22.1. The van der Waals surface area contributed by atoms with Gasteiger partial charge in [-0.15, -0.1) is 0 Å². The highest BCUT2D eigenvalue weighted by Crippen LogP contribution is 2.24. The molecule has 1 heterocycles. The van der Waals surface area contributed by atoms with Crippen molar-refractivity contribution in [2.45, 2.75) is 57.2 Å². The Bertz CT molecular complexity index is 615. The second kappa shape index (κ2) is 11.5. The fraction of sp³-hybridized carbons (Fsp3) is 0.696. The molecule has 162 valence electrons. The highest BCUT2D eigenvalue weighted by atomic mass is 16.3. The molecule has 1 atom stereocenters. The first-order chi connectivity index (χ1) is 14.2. The lowest BCUT2D eigenvalue weighted by atomic mass is 9.93. The summed E-state index contributed by atoms with van der Waals surface area (Å²) in [5.41, 5.74) is 1.41. The summed E-state index contributed by atoms with van der Waals surface area (Å²) in [5, 5.41) is 16.6. The van der Waals surface area contributed by atoms with Gasteiger partial charge < -0.3 is 20.6 Å². The third kappa shape index (κ3) is 6.98. The van der Waals surface area contributed by atoms with Crippen LogP contribution in [0.2, 0.25) is 0 Å². The van der Waals surface area contributed by atoms with Gasteiger partial charge in [-0.2, -0.15) is 0 Å². The smallest absolute Gasteiger partial charge is 0.191 e. The normalized spacial score (nSPS) is 27.0. The van der Waals surface area contributed by atoms with Crippen LogP contribution in [-0.2, 0) is 0 Å². The Kier molecular flexibility index (Phi) is 8.77. The van der Waals surface area contributed by atoms with Crippen molar-refractivity contribution in [1.82, 2.24) is 20.4 Å². The fourth-order valence-corrected chi connectivity index (χ4v) is 4.41. The van der Waals surface area contributed by atoms with E-state index in [1.54, 1.807) is 0 Å². The molecule has 2 aliphatic rings. The lowest BCUT2D eigenvalue weighted by Gasteiger charge is -2.40. The van der Waals surface area contributed by atoms with E-state index in [0.29, 0.717) is 12.1 Å². The number of aliphatic hydroxyl groups is 1. The summed E-state index contributed by atoms with van der Waals surface area (Å²) in [4.78, 5) is 9.87. The minimum absolute atomic E-state index is 0.117. The molecule has 29 heavy (non-hydrogen) atoms. The van der Waals surface area contributed by atoms with Gasteiger partial charge >= 0.3 is 0 Å². The second-order valence-corrected chi connectivity index (χ2v) is 8.49. The average molecular weight is 402 g/mol. The average Bonchev–Trinajstić information content (AvgIpc) is 2.74. The molecule has 1 saturated heterocycles. The van der Waals surface area contributed by atoms with Crippen LogP contribution in [0.15, 0.2) is 35.3 Å². The largest absolute Gasteiger partial charge is 0.393 e. The van der Waals surface area contributed by atoms with E-state index in [9.17, 15) is 5.11 Å². The van der Waals surface area contributed by atoms with Crippen molar-refractivity contribution < 1.29 is 5.11 Å². The number of rotatable bonds is 7. The van der Waals surface area contributed by atoms with E-state index in [0.717, 1.165) is 77.3 Å². The van der Waals surface area contributed by atoms with E-state index >= 15 is 0 Å². The van der Waals surface area contributed by atoms with Crippen LogP contribution in [-0.4, -0.2) is 79.3 Å². The summed E-state index contributed by atoms with van der Waals surface area (Å²) < 4.78 is 0. The highest BCUT2D eigenvalue weighted by Gasteiger charge is 2.26. The number of aliphatic imine (C=N–C) groups is 1. The van der Waals surface area contributed by atoms with Gasteiger partial charge in [0, 0.05) is 51.4 Å². The molecule has 0 radical (unpaired) electrons. The van der Waals surface area contributed by atoms with E-state index in [4.69, 9.17) is 4.99 Å². The van der Waals surface area contributed by atoms with Crippen LogP contribution in [0, 0.1) is 0 Å². The Hall–Kier alpha value is -1.63. The van der Waals surface area contributed by atoms with Crippen LogP contribution in [0.1, 0.15) is 50.6 Å². The van der Waals surface area contributed by atoms with Crippen molar-refractivity contribution in [3.05, 3.63) is 35.9 Å². The molecule has 1 aliphatic carbocycles. The first-order valence-corrected chi connectivity index (χ1v) is 11.4. The molecule has 2 fully saturated rings. The quantitative estimate of drug-likeness (QED) is 0.372. The number of piperazine rings is 1. The molecule has 3 rings (SSSR count). The van der Waals surface area contributed by atoms with Gasteiger partial charge in [-0.3, -0.25) is 9.89 Å². The standard InChI is InChI=1S/C23H39N5O/c1-3-24-23(26-20-10-12-21(29)13-11-20)25-14-7-15-28-17-16-27(2)18-22(28)19-8-5-4-6-9-19/h4-6,8-9,20-22,29H,3,7,10-18H2,1-2H3,(H2,24,25,26). The SMILES string of the molecule is CCNC(=NCCCN1CCN(C)CC1c1ccccc1)NC1CCC(O)CC1. The topological polar surface area (TPSA) is 63.1 Å². The Morgan fingerprint density at radius 3 is 2.62 bits per heavy atom. The van der Waals surface area contributed by atoms with Gasteiger partial charge in [0.1, 0.15) is 0 Å². The number of guanidine groups is 1. The monoisotopic (exact) mass is 401 g/mol. The molecule has 0 bridgehead atoms. The summed E-state index contributed by atoms with van der Waals surface area (Å²) in [6.07, 6.45) is 4.76. The van der Waals surface area contributed by atoms with Crippen LogP contribution in [0.4, 0.5) is 0 Å². The molecule has 0 spiro atoms. The van der Waals surface area contributed by atoms with Crippen molar-refractivity contribution in [1.29, 1.82) is 0 Å². The number of nitrogens with zero attached hydrogens (tertiary/aromatic N) is 3. The predicted octanol–water partition coefficient (Wildman–Crippen LogP) is 2.22. The molecule has 1 aliphatic heterocycles. The number of benzene rings is 1. The Morgan fingerprint density at radius 1 is 1.14 bits per heavy atom. The van der Waals surface area contributed by atoms with Crippen LogP contribution < -0.4 is 10.6 Å². The van der Waals surface area contributed by atoms with Crippen LogP contribution in [0.5, 0.6) is 0 Å². The summed E-state index contributed by atoms with van der Waals surface area (Å²) in [6, 6.07) is 11.8. The maximum atomic E-state index is 9.70. The third-order valence-electron chi connectivity index (χ3n) is 6.13. The molecular formula is C23H39N5O. The van der Waals surface area contributed by atoms with Crippen LogP contribution in [0.25, 0.3) is 0 Å². The lowest BCUT2D eigenvalue weighted by Crippen LogP contribution is -2.47. The van der Waals surface area contributed by atoms with E-state index in [-0.39, 0.29) is 6.10 Å². The molecule has 1 saturated carbocycles. The van der Waals surface area contributed by atoms with Crippen LogP contribution in [0.3, 0.4) is 0 Å². The van der Waals surface area contributed by atoms with Gasteiger partial charge in [0.15, 0.2) is 5.96 Å². The minimum atomic E-state index is -0.117. The van der Waals surface area contributed by atoms with E-state index < -0.39 is 0 Å². The van der Waals surface area contributed by atoms with Crippen molar-refractivity contribution >= 4 is 5.96 Å². The first-order valence-electron chi connectivity index (χ1n) is 11.4. The van der Waals surface area contributed by atoms with Gasteiger partial charge in [0.05, 0.1) is 6.10 Å². The van der Waals surface area contributed by atoms with Crippen molar-refractivity contribution in [3.63, 3.8) is 0 Å². The number of hydrogen-bond acceptors (Lipinski definition) is 4. The maximum Gasteiger partial charge on any atom is 0.191 e. The van der Waals surface area contributed by atoms with Gasteiger partial charge in [-0.05, 0) is 51.6 Å². The number of aliphatic hydroxyl groups excluding tert-OH is 1. The second-order valence-electron chi connectivity index (χ2n) is 8.49. The number of nitrogens with one attached hydrogen (secondary N) is 2. The van der Waals surface area contributed by atoms with Gasteiger partial charge in [0.2, 0.25) is 0 Å². The molecule has 1 aromatic rings. The molecule has 1 unspecified atom stereocenters. The summed E-state index contributed by atoms with van der Waals surface area (Å²) in [7, 11) is 2.22. The molecule has 0 amide bonds. The van der Waals surface area contributed by atoms with Gasteiger partial charge in [-0.1, -0.05) is 30.3 Å². The van der Waals surface area contributed by atoms with Crippen LogP contribution >= 0.6 is 0 Å². The molecule has 3 N–H and O–H groups in total. The summed E-state index contributed by atoms with van der Waals surface area (Å²) >= 11 is 0. The highest BCUT2D eigenvalue weighted by molar-refractivity contribution is 5.80. The molecule has 6 nitrogen and oxygen atoms in total. The lowest BCUT2D eigenvalue weighted by molar-refractivity contribution is 0.0894. The van der Waals surface area contributed by atoms with Crippen molar-refractivity contribution in [2.75, 3.05) is 46.3 Å². The molecule has 6 heteroatoms. The Labute approximate surface area is 176 Å². The zero-order valence-electron chi connectivity index (χ0n) is 18.2. The van der Waals surface area contributed by atoms with E-state index in [2.05, 4.69) is 64.7 Å². The fourth-order valence-electron chi connectivity index (χ4n) is 4.41. The number of hydrogen-bond donors (Lipinski definition) is 3. The summed E-state index contributed by atoms with van der Waals surface area (Å²) in [5.74, 6) is 0.923.